The summed E-state index contributed by atoms with van der Waals surface area (Å²) in [6.07, 6.45) is 0.661. The molecule has 0 radical (unpaired) electrons. The molecule has 1 aliphatic rings. The Morgan fingerprint density at radius 1 is 1.38 bits per heavy atom. The Labute approximate surface area is 95.0 Å². The van der Waals surface area contributed by atoms with Gasteiger partial charge in [-0.3, -0.25) is 4.79 Å². The molecule has 1 aliphatic heterocycles. The number of hydrogen-bond donors (Lipinski definition) is 1. The highest BCUT2D eigenvalue weighted by molar-refractivity contribution is 5.89. The van der Waals surface area contributed by atoms with Gasteiger partial charge in [-0.15, -0.1) is 0 Å². The van der Waals surface area contributed by atoms with Crippen molar-refractivity contribution in [3.05, 3.63) is 29.8 Å². The summed E-state index contributed by atoms with van der Waals surface area (Å²) in [4.78, 5) is 13.6. The van der Waals surface area contributed by atoms with Crippen LogP contribution < -0.4 is 10.5 Å². The molecule has 1 unspecified atom stereocenters. The standard InChI is InChI=1S/C12H16N2O2/c1-14-8-7-12(13,11(14)15)9-3-5-10(16-2)6-4-9/h3-6H,7-8,13H2,1-2H3. The second-order valence-electron chi connectivity index (χ2n) is 4.18. The van der Waals surface area contributed by atoms with E-state index in [2.05, 4.69) is 0 Å². The van der Waals surface area contributed by atoms with Crippen LogP contribution in [-0.2, 0) is 10.3 Å². The Bertz CT molecular complexity index is 402. The lowest BCUT2D eigenvalue weighted by Gasteiger charge is -2.22. The van der Waals surface area contributed by atoms with Crippen LogP contribution in [0.4, 0.5) is 0 Å². The van der Waals surface area contributed by atoms with Gasteiger partial charge in [-0.2, -0.15) is 0 Å². The first-order valence-corrected chi connectivity index (χ1v) is 5.27. The number of carbonyl (C=O) groups is 1. The molecular formula is C12H16N2O2. The fourth-order valence-electron chi connectivity index (χ4n) is 2.05. The van der Waals surface area contributed by atoms with Gasteiger partial charge in [0.1, 0.15) is 11.3 Å². The van der Waals surface area contributed by atoms with Crippen molar-refractivity contribution in [2.45, 2.75) is 12.0 Å². The summed E-state index contributed by atoms with van der Waals surface area (Å²) in [5.74, 6) is 0.754. The number of carbonyl (C=O) groups excluding carboxylic acids is 1. The molecule has 16 heavy (non-hydrogen) atoms. The van der Waals surface area contributed by atoms with Crippen molar-refractivity contribution in [1.82, 2.24) is 4.90 Å². The van der Waals surface area contributed by atoms with Crippen LogP contribution in [0, 0.1) is 0 Å². The molecule has 1 heterocycles. The van der Waals surface area contributed by atoms with Gasteiger partial charge in [-0.1, -0.05) is 12.1 Å². The summed E-state index contributed by atoms with van der Waals surface area (Å²) in [5.41, 5.74) is 6.16. The summed E-state index contributed by atoms with van der Waals surface area (Å²) in [6, 6.07) is 7.37. The quantitative estimate of drug-likeness (QED) is 0.798. The zero-order chi connectivity index (χ0) is 11.8. The predicted octanol–water partition coefficient (Wildman–Crippen LogP) is 0.711. The number of benzene rings is 1. The van der Waals surface area contributed by atoms with Gasteiger partial charge >= 0.3 is 0 Å². The first kappa shape index (κ1) is 11.0. The van der Waals surface area contributed by atoms with Gasteiger partial charge in [-0.25, -0.2) is 0 Å². The molecule has 1 aromatic rings. The fraction of sp³-hybridized carbons (Fsp3) is 0.417. The van der Waals surface area contributed by atoms with Crippen molar-refractivity contribution in [2.24, 2.45) is 5.73 Å². The molecule has 1 atom stereocenters. The maximum absolute atomic E-state index is 12.0. The maximum atomic E-state index is 12.0. The number of hydrogen-bond acceptors (Lipinski definition) is 3. The lowest BCUT2D eigenvalue weighted by Crippen LogP contribution is -2.44. The number of likely N-dealkylation sites (tertiary alicyclic amines) is 1. The van der Waals surface area contributed by atoms with E-state index in [1.807, 2.05) is 24.3 Å². The van der Waals surface area contributed by atoms with E-state index in [1.165, 1.54) is 0 Å². The zero-order valence-corrected chi connectivity index (χ0v) is 9.56. The number of methoxy groups -OCH3 is 1. The summed E-state index contributed by atoms with van der Waals surface area (Å²) in [5, 5.41) is 0. The average Bonchev–Trinajstić information content (AvgIpc) is 2.59. The highest BCUT2D eigenvalue weighted by Crippen LogP contribution is 2.30. The Kier molecular flexibility index (Phi) is 2.59. The summed E-state index contributed by atoms with van der Waals surface area (Å²) in [6.45, 7) is 0.710. The number of nitrogens with zero attached hydrogens (tertiary/aromatic N) is 1. The molecule has 1 fully saturated rings. The second kappa shape index (κ2) is 3.79. The number of likely N-dealkylation sites (N-methyl/N-ethyl adjacent to an activating group) is 1. The molecule has 4 nitrogen and oxygen atoms in total. The Balaban J connectivity index is 2.33. The molecule has 0 spiro atoms. The minimum Gasteiger partial charge on any atom is -0.497 e. The van der Waals surface area contributed by atoms with E-state index in [1.54, 1.807) is 19.1 Å². The van der Waals surface area contributed by atoms with Gasteiger partial charge in [0.25, 0.3) is 0 Å². The van der Waals surface area contributed by atoms with Crippen LogP contribution in [0.5, 0.6) is 5.75 Å². The monoisotopic (exact) mass is 220 g/mol. The Morgan fingerprint density at radius 3 is 2.44 bits per heavy atom. The molecule has 2 rings (SSSR count). The van der Waals surface area contributed by atoms with Crippen molar-refractivity contribution < 1.29 is 9.53 Å². The Morgan fingerprint density at radius 2 is 2.00 bits per heavy atom. The first-order valence-electron chi connectivity index (χ1n) is 5.27. The van der Waals surface area contributed by atoms with Crippen molar-refractivity contribution in [3.8, 4) is 5.75 Å². The van der Waals surface area contributed by atoms with E-state index in [9.17, 15) is 4.79 Å². The van der Waals surface area contributed by atoms with Gasteiger partial charge in [0.15, 0.2) is 0 Å². The van der Waals surface area contributed by atoms with Crippen LogP contribution in [0.2, 0.25) is 0 Å². The van der Waals surface area contributed by atoms with Crippen molar-refractivity contribution in [3.63, 3.8) is 0 Å². The van der Waals surface area contributed by atoms with Gasteiger partial charge in [0, 0.05) is 13.6 Å². The molecule has 0 bridgehead atoms. The van der Waals surface area contributed by atoms with Crippen LogP contribution in [0.15, 0.2) is 24.3 Å². The highest BCUT2D eigenvalue weighted by atomic mass is 16.5. The van der Waals surface area contributed by atoms with E-state index in [0.717, 1.165) is 11.3 Å². The predicted molar refractivity (Wildman–Crippen MR) is 61.1 cm³/mol. The molecule has 0 aliphatic carbocycles. The van der Waals surface area contributed by atoms with E-state index >= 15 is 0 Å². The molecular weight excluding hydrogens is 204 g/mol. The molecule has 0 saturated carbocycles. The van der Waals surface area contributed by atoms with Crippen LogP contribution in [0.3, 0.4) is 0 Å². The molecule has 86 valence electrons. The normalized spacial score (nSPS) is 24.9. The topological polar surface area (TPSA) is 55.6 Å². The van der Waals surface area contributed by atoms with Crippen molar-refractivity contribution in [1.29, 1.82) is 0 Å². The smallest absolute Gasteiger partial charge is 0.247 e. The van der Waals surface area contributed by atoms with Crippen LogP contribution in [0.25, 0.3) is 0 Å². The molecule has 1 saturated heterocycles. The van der Waals surface area contributed by atoms with Crippen LogP contribution in [0.1, 0.15) is 12.0 Å². The van der Waals surface area contributed by atoms with E-state index < -0.39 is 5.54 Å². The molecule has 2 N–H and O–H groups in total. The molecule has 4 heteroatoms. The van der Waals surface area contributed by atoms with Gasteiger partial charge in [0.05, 0.1) is 7.11 Å². The van der Waals surface area contributed by atoms with Crippen molar-refractivity contribution >= 4 is 5.91 Å². The van der Waals surface area contributed by atoms with Gasteiger partial charge in [0.2, 0.25) is 5.91 Å². The lowest BCUT2D eigenvalue weighted by atomic mass is 9.89. The van der Waals surface area contributed by atoms with Gasteiger partial charge in [-0.05, 0) is 24.1 Å². The summed E-state index contributed by atoms with van der Waals surface area (Å²) >= 11 is 0. The minimum atomic E-state index is -0.860. The second-order valence-corrected chi connectivity index (χ2v) is 4.18. The first-order chi connectivity index (χ1) is 7.58. The van der Waals surface area contributed by atoms with Crippen LogP contribution in [-0.4, -0.2) is 31.5 Å². The number of nitrogens with two attached hydrogens (primary N) is 1. The molecule has 1 amide bonds. The average molecular weight is 220 g/mol. The molecule has 1 aromatic carbocycles. The van der Waals surface area contributed by atoms with Gasteiger partial charge < -0.3 is 15.4 Å². The highest BCUT2D eigenvalue weighted by Gasteiger charge is 2.43. The zero-order valence-electron chi connectivity index (χ0n) is 9.56. The van der Waals surface area contributed by atoms with E-state index in [-0.39, 0.29) is 5.91 Å². The van der Waals surface area contributed by atoms with Crippen molar-refractivity contribution in [2.75, 3.05) is 20.7 Å². The number of rotatable bonds is 2. The lowest BCUT2D eigenvalue weighted by molar-refractivity contribution is -0.131. The third kappa shape index (κ3) is 1.55. The summed E-state index contributed by atoms with van der Waals surface area (Å²) < 4.78 is 5.08. The third-order valence-corrected chi connectivity index (χ3v) is 3.18. The SMILES string of the molecule is COc1ccc(C2(N)CCN(C)C2=O)cc1. The maximum Gasteiger partial charge on any atom is 0.247 e. The number of ether oxygens (including phenoxy) is 1. The third-order valence-electron chi connectivity index (χ3n) is 3.18. The number of amides is 1. The Hall–Kier alpha value is -1.55. The van der Waals surface area contributed by atoms with E-state index in [0.29, 0.717) is 13.0 Å². The minimum absolute atomic E-state index is 0.0160. The van der Waals surface area contributed by atoms with Crippen LogP contribution >= 0.6 is 0 Å². The molecule has 0 aromatic heterocycles. The summed E-state index contributed by atoms with van der Waals surface area (Å²) in [7, 11) is 3.39. The fourth-order valence-corrected chi connectivity index (χ4v) is 2.05. The van der Waals surface area contributed by atoms with E-state index in [4.69, 9.17) is 10.5 Å². The largest absolute Gasteiger partial charge is 0.497 e.